The number of hydrogen-bond acceptors (Lipinski definition) is 3. The molecule has 4 N–H and O–H groups in total. The molecule has 0 radical (unpaired) electrons. The Bertz CT molecular complexity index is 879. The first-order valence-corrected chi connectivity index (χ1v) is 7.96. The van der Waals surface area contributed by atoms with Crippen molar-refractivity contribution in [2.75, 3.05) is 4.72 Å². The number of hydrogen-bond donors (Lipinski definition) is 3. The van der Waals surface area contributed by atoms with Crippen molar-refractivity contribution >= 4 is 26.5 Å². The zero-order valence-electron chi connectivity index (χ0n) is 11.2. The fourth-order valence-electron chi connectivity index (χ4n) is 2.21. The van der Waals surface area contributed by atoms with E-state index in [4.69, 9.17) is 5.73 Å². The fraction of sp³-hybridized carbons (Fsp3) is 0.0667. The van der Waals surface area contributed by atoms with E-state index >= 15 is 0 Å². The number of fused-ring (bicyclic) bond motifs is 1. The van der Waals surface area contributed by atoms with Gasteiger partial charge in [0.15, 0.2) is 0 Å². The quantitative estimate of drug-likeness (QED) is 0.691. The van der Waals surface area contributed by atoms with E-state index in [1.807, 2.05) is 36.4 Å². The Labute approximate surface area is 122 Å². The normalized spacial score (nSPS) is 11.7. The average Bonchev–Trinajstić information content (AvgIpc) is 2.97. The third-order valence-corrected chi connectivity index (χ3v) is 4.63. The van der Waals surface area contributed by atoms with Gasteiger partial charge in [-0.3, -0.25) is 4.72 Å². The summed E-state index contributed by atoms with van der Waals surface area (Å²) in [6.07, 6.45) is 1.44. The van der Waals surface area contributed by atoms with Crippen LogP contribution in [0.5, 0.6) is 0 Å². The predicted octanol–water partition coefficient (Wildman–Crippen LogP) is 2.43. The maximum Gasteiger partial charge on any atom is 0.263 e. The number of H-pyrrole nitrogens is 1. The van der Waals surface area contributed by atoms with Gasteiger partial charge in [-0.05, 0) is 17.5 Å². The van der Waals surface area contributed by atoms with E-state index in [0.29, 0.717) is 11.4 Å². The lowest BCUT2D eigenvalue weighted by Gasteiger charge is -2.09. The lowest BCUT2D eigenvalue weighted by atomic mass is 10.1. The van der Waals surface area contributed by atoms with Gasteiger partial charge in [0.25, 0.3) is 10.0 Å². The van der Waals surface area contributed by atoms with Crippen molar-refractivity contribution in [1.29, 1.82) is 0 Å². The second-order valence-corrected chi connectivity index (χ2v) is 6.38. The minimum atomic E-state index is -3.63. The summed E-state index contributed by atoms with van der Waals surface area (Å²) in [4.78, 5) is 3.02. The molecule has 108 valence electrons. The number of nitrogens with one attached hydrogen (secondary N) is 2. The monoisotopic (exact) mass is 301 g/mol. The third-order valence-electron chi connectivity index (χ3n) is 3.28. The average molecular weight is 301 g/mol. The zero-order chi connectivity index (χ0) is 14.9. The van der Waals surface area contributed by atoms with Gasteiger partial charge < -0.3 is 10.7 Å². The molecule has 0 saturated heterocycles. The van der Waals surface area contributed by atoms with Gasteiger partial charge in [0.2, 0.25) is 0 Å². The molecule has 3 rings (SSSR count). The van der Waals surface area contributed by atoms with E-state index in [1.165, 1.54) is 12.3 Å². The maximum absolute atomic E-state index is 12.4. The molecule has 6 heteroatoms. The van der Waals surface area contributed by atoms with E-state index < -0.39 is 10.0 Å². The first-order valence-electron chi connectivity index (χ1n) is 6.48. The van der Waals surface area contributed by atoms with Crippen LogP contribution >= 0.6 is 0 Å². The van der Waals surface area contributed by atoms with Crippen molar-refractivity contribution in [1.82, 2.24) is 4.98 Å². The van der Waals surface area contributed by atoms with Gasteiger partial charge in [-0.15, -0.1) is 0 Å². The SMILES string of the molecule is NCc1cc(S(=O)(=O)Nc2cccc3ccccc23)c[nH]1. The third kappa shape index (κ3) is 2.63. The minimum Gasteiger partial charge on any atom is -0.363 e. The topological polar surface area (TPSA) is 88.0 Å². The Balaban J connectivity index is 2.01. The van der Waals surface area contributed by atoms with E-state index in [0.717, 1.165) is 10.8 Å². The molecule has 0 unspecified atom stereocenters. The van der Waals surface area contributed by atoms with Gasteiger partial charge in [0.05, 0.1) is 5.69 Å². The number of aromatic amines is 1. The van der Waals surface area contributed by atoms with Crippen LogP contribution in [0.1, 0.15) is 5.69 Å². The standard InChI is InChI=1S/C15H15N3O2S/c16-9-12-8-13(10-17-12)21(19,20)18-15-7-3-5-11-4-1-2-6-14(11)15/h1-8,10,17-18H,9,16H2. The molecule has 0 saturated carbocycles. The highest BCUT2D eigenvalue weighted by Gasteiger charge is 2.17. The van der Waals surface area contributed by atoms with Crippen molar-refractivity contribution in [2.45, 2.75) is 11.4 Å². The number of benzene rings is 2. The lowest BCUT2D eigenvalue weighted by molar-refractivity contribution is 0.601. The summed E-state index contributed by atoms with van der Waals surface area (Å²) in [5.41, 5.74) is 6.72. The second kappa shape index (κ2) is 5.23. The second-order valence-electron chi connectivity index (χ2n) is 4.70. The summed E-state index contributed by atoms with van der Waals surface area (Å²) in [6.45, 7) is 0.268. The van der Waals surface area contributed by atoms with Crippen LogP contribution in [0.3, 0.4) is 0 Å². The molecule has 1 aromatic heterocycles. The first kappa shape index (κ1) is 13.7. The number of rotatable bonds is 4. The number of anilines is 1. The van der Waals surface area contributed by atoms with Gasteiger partial charge in [0, 0.05) is 23.8 Å². The lowest BCUT2D eigenvalue weighted by Crippen LogP contribution is -2.12. The molecular formula is C15H15N3O2S. The van der Waals surface area contributed by atoms with Crippen LogP contribution in [0.2, 0.25) is 0 Å². The van der Waals surface area contributed by atoms with Crippen LogP contribution < -0.4 is 10.5 Å². The Morgan fingerprint density at radius 2 is 1.86 bits per heavy atom. The molecule has 0 aliphatic carbocycles. The van der Waals surface area contributed by atoms with Gasteiger partial charge in [-0.2, -0.15) is 0 Å². The van der Waals surface area contributed by atoms with E-state index in [-0.39, 0.29) is 11.4 Å². The largest absolute Gasteiger partial charge is 0.363 e. The molecule has 0 atom stereocenters. The molecule has 5 nitrogen and oxygen atoms in total. The van der Waals surface area contributed by atoms with Crippen molar-refractivity contribution in [3.05, 3.63) is 60.4 Å². The smallest absolute Gasteiger partial charge is 0.263 e. The molecular weight excluding hydrogens is 286 g/mol. The Kier molecular flexibility index (Phi) is 3.40. The summed E-state index contributed by atoms with van der Waals surface area (Å²) < 4.78 is 27.4. The van der Waals surface area contributed by atoms with Gasteiger partial charge in [0.1, 0.15) is 4.90 Å². The molecule has 1 heterocycles. The summed E-state index contributed by atoms with van der Waals surface area (Å²) >= 11 is 0. The van der Waals surface area contributed by atoms with Crippen molar-refractivity contribution in [3.8, 4) is 0 Å². The summed E-state index contributed by atoms with van der Waals surface area (Å²) in [6, 6.07) is 14.7. The van der Waals surface area contributed by atoms with Crippen LogP contribution in [0.4, 0.5) is 5.69 Å². The minimum absolute atomic E-state index is 0.177. The van der Waals surface area contributed by atoms with E-state index in [1.54, 1.807) is 6.07 Å². The molecule has 0 bridgehead atoms. The summed E-state index contributed by atoms with van der Waals surface area (Å²) in [5, 5.41) is 1.84. The highest BCUT2D eigenvalue weighted by atomic mass is 32.2. The van der Waals surface area contributed by atoms with Crippen LogP contribution in [0.25, 0.3) is 10.8 Å². The van der Waals surface area contributed by atoms with Gasteiger partial charge in [-0.25, -0.2) is 8.42 Å². The van der Waals surface area contributed by atoms with Crippen LogP contribution in [0.15, 0.2) is 59.6 Å². The molecule has 0 fully saturated rings. The Morgan fingerprint density at radius 1 is 1.10 bits per heavy atom. The molecule has 3 aromatic rings. The van der Waals surface area contributed by atoms with Gasteiger partial charge in [-0.1, -0.05) is 36.4 Å². The molecule has 0 aliphatic heterocycles. The summed E-state index contributed by atoms with van der Waals surface area (Å²) in [5.74, 6) is 0. The molecule has 0 aliphatic rings. The van der Waals surface area contributed by atoms with E-state index in [9.17, 15) is 8.42 Å². The predicted molar refractivity (Wildman–Crippen MR) is 83.4 cm³/mol. The number of sulfonamides is 1. The highest BCUT2D eigenvalue weighted by molar-refractivity contribution is 7.92. The van der Waals surface area contributed by atoms with Crippen LogP contribution in [-0.4, -0.2) is 13.4 Å². The first-order chi connectivity index (χ1) is 10.1. The fourth-order valence-corrected chi connectivity index (χ4v) is 3.31. The number of aromatic nitrogens is 1. The molecule has 21 heavy (non-hydrogen) atoms. The highest BCUT2D eigenvalue weighted by Crippen LogP contribution is 2.25. The van der Waals surface area contributed by atoms with Crippen LogP contribution in [-0.2, 0) is 16.6 Å². The summed E-state index contributed by atoms with van der Waals surface area (Å²) in [7, 11) is -3.63. The Hall–Kier alpha value is -2.31. The molecule has 0 spiro atoms. The zero-order valence-corrected chi connectivity index (χ0v) is 12.0. The Morgan fingerprint density at radius 3 is 2.62 bits per heavy atom. The van der Waals surface area contributed by atoms with Gasteiger partial charge >= 0.3 is 0 Å². The molecule has 2 aromatic carbocycles. The van der Waals surface area contributed by atoms with Crippen molar-refractivity contribution in [2.24, 2.45) is 5.73 Å². The number of nitrogens with two attached hydrogens (primary N) is 1. The van der Waals surface area contributed by atoms with Crippen molar-refractivity contribution in [3.63, 3.8) is 0 Å². The molecule has 0 amide bonds. The maximum atomic E-state index is 12.4. The van der Waals surface area contributed by atoms with Crippen LogP contribution in [0, 0.1) is 0 Å². The van der Waals surface area contributed by atoms with E-state index in [2.05, 4.69) is 9.71 Å². The van der Waals surface area contributed by atoms with Crippen molar-refractivity contribution < 1.29 is 8.42 Å².